The van der Waals surface area contributed by atoms with Crippen LogP contribution < -0.4 is 16.4 Å². The number of carbonyl (C=O) groups is 2. The van der Waals surface area contributed by atoms with Gasteiger partial charge in [0.2, 0.25) is 11.8 Å². The summed E-state index contributed by atoms with van der Waals surface area (Å²) in [6, 6.07) is -0.451. The highest BCUT2D eigenvalue weighted by Gasteiger charge is 2.18. The lowest BCUT2D eigenvalue weighted by Gasteiger charge is -2.11. The molecule has 8 nitrogen and oxygen atoms in total. The maximum absolute atomic E-state index is 11.9. The lowest BCUT2D eigenvalue weighted by atomic mass is 10.2. The van der Waals surface area contributed by atoms with Crippen molar-refractivity contribution in [3.05, 3.63) is 12.4 Å². The zero-order valence-corrected chi connectivity index (χ0v) is 12.7. The normalized spacial score (nSPS) is 16.5. The molecular weight excluding hydrogens is 286 g/mol. The van der Waals surface area contributed by atoms with E-state index in [0.29, 0.717) is 5.69 Å². The summed E-state index contributed by atoms with van der Waals surface area (Å²) in [5.74, 6) is -0.416. The number of hydrogen-bond donors (Lipinski definition) is 3. The Kier molecular flexibility index (Phi) is 5.91. The predicted octanol–water partition coefficient (Wildman–Crippen LogP) is -0.146. The van der Waals surface area contributed by atoms with Gasteiger partial charge in [-0.15, -0.1) is 0 Å². The topological polar surface area (TPSA) is 111 Å². The van der Waals surface area contributed by atoms with Crippen LogP contribution in [0.2, 0.25) is 0 Å². The Balaban J connectivity index is 1.80. The third kappa shape index (κ3) is 4.81. The van der Waals surface area contributed by atoms with Gasteiger partial charge in [-0.3, -0.25) is 14.3 Å². The SMILES string of the molecule is COCC(N)C(=O)Nc1cnn(CC(=O)NC2CCCC2)c1. The van der Waals surface area contributed by atoms with E-state index < -0.39 is 6.04 Å². The van der Waals surface area contributed by atoms with Crippen LogP contribution in [-0.4, -0.2) is 47.4 Å². The van der Waals surface area contributed by atoms with Gasteiger partial charge in [0.05, 0.1) is 18.5 Å². The minimum Gasteiger partial charge on any atom is -0.383 e. The Hall–Kier alpha value is -1.93. The van der Waals surface area contributed by atoms with Crippen molar-refractivity contribution in [2.24, 2.45) is 5.73 Å². The van der Waals surface area contributed by atoms with Gasteiger partial charge in [-0.2, -0.15) is 5.10 Å². The fourth-order valence-electron chi connectivity index (χ4n) is 2.50. The molecule has 1 heterocycles. The molecule has 1 saturated carbocycles. The predicted molar refractivity (Wildman–Crippen MR) is 81.1 cm³/mol. The average Bonchev–Trinajstić information content (AvgIpc) is 3.11. The maximum atomic E-state index is 11.9. The summed E-state index contributed by atoms with van der Waals surface area (Å²) in [5, 5.41) is 9.68. The van der Waals surface area contributed by atoms with Gasteiger partial charge in [-0.1, -0.05) is 12.8 Å². The number of amides is 2. The first-order valence-corrected chi connectivity index (χ1v) is 7.45. The fourth-order valence-corrected chi connectivity index (χ4v) is 2.50. The van der Waals surface area contributed by atoms with Gasteiger partial charge in [-0.05, 0) is 12.8 Å². The molecule has 1 aromatic rings. The third-order valence-corrected chi connectivity index (χ3v) is 3.61. The summed E-state index contributed by atoms with van der Waals surface area (Å²) in [5.41, 5.74) is 6.13. The van der Waals surface area contributed by atoms with Crippen molar-refractivity contribution in [3.63, 3.8) is 0 Å². The van der Waals surface area contributed by atoms with E-state index in [1.54, 1.807) is 6.20 Å². The number of ether oxygens (including phenoxy) is 1. The van der Waals surface area contributed by atoms with Crippen LogP contribution in [0.25, 0.3) is 0 Å². The van der Waals surface area contributed by atoms with Gasteiger partial charge in [0.25, 0.3) is 0 Å². The lowest BCUT2D eigenvalue weighted by molar-refractivity contribution is -0.122. The van der Waals surface area contributed by atoms with Crippen LogP contribution in [0.3, 0.4) is 0 Å². The van der Waals surface area contributed by atoms with Crippen molar-refractivity contribution >= 4 is 17.5 Å². The van der Waals surface area contributed by atoms with Crippen molar-refractivity contribution in [1.82, 2.24) is 15.1 Å². The zero-order valence-electron chi connectivity index (χ0n) is 12.7. The molecule has 8 heteroatoms. The monoisotopic (exact) mass is 309 g/mol. The molecule has 1 aromatic heterocycles. The number of aromatic nitrogens is 2. The molecule has 1 atom stereocenters. The second-order valence-corrected chi connectivity index (χ2v) is 5.53. The number of methoxy groups -OCH3 is 1. The molecule has 0 aromatic carbocycles. The molecule has 22 heavy (non-hydrogen) atoms. The van der Waals surface area contributed by atoms with E-state index in [2.05, 4.69) is 15.7 Å². The summed E-state index contributed by atoms with van der Waals surface area (Å²) in [7, 11) is 1.48. The third-order valence-electron chi connectivity index (χ3n) is 3.61. The molecule has 0 radical (unpaired) electrons. The Morgan fingerprint density at radius 3 is 2.91 bits per heavy atom. The second-order valence-electron chi connectivity index (χ2n) is 5.53. The van der Waals surface area contributed by atoms with Crippen LogP contribution in [0.1, 0.15) is 25.7 Å². The Labute approximate surface area is 129 Å². The number of carbonyl (C=O) groups excluding carboxylic acids is 2. The van der Waals surface area contributed by atoms with Gasteiger partial charge in [-0.25, -0.2) is 0 Å². The molecule has 1 aliphatic carbocycles. The molecule has 4 N–H and O–H groups in total. The molecule has 1 aliphatic rings. The number of hydrogen-bond acceptors (Lipinski definition) is 5. The highest BCUT2D eigenvalue weighted by Crippen LogP contribution is 2.17. The first-order valence-electron chi connectivity index (χ1n) is 7.45. The average molecular weight is 309 g/mol. The largest absolute Gasteiger partial charge is 0.383 e. The van der Waals surface area contributed by atoms with Crippen LogP contribution in [0.15, 0.2) is 12.4 Å². The van der Waals surface area contributed by atoms with E-state index in [4.69, 9.17) is 10.5 Å². The Bertz CT molecular complexity index is 510. The zero-order chi connectivity index (χ0) is 15.9. The fraction of sp³-hybridized carbons (Fsp3) is 0.643. The molecule has 1 unspecified atom stereocenters. The molecular formula is C14H23N5O3. The number of nitrogens with one attached hydrogen (secondary N) is 2. The summed E-state index contributed by atoms with van der Waals surface area (Å²) < 4.78 is 6.31. The molecule has 0 saturated heterocycles. The van der Waals surface area contributed by atoms with Gasteiger partial charge in [0.1, 0.15) is 12.6 Å². The van der Waals surface area contributed by atoms with Gasteiger partial charge < -0.3 is 21.1 Å². The summed E-state index contributed by atoms with van der Waals surface area (Å²) in [4.78, 5) is 23.6. The quantitative estimate of drug-likeness (QED) is 0.649. The van der Waals surface area contributed by atoms with Crippen molar-refractivity contribution < 1.29 is 14.3 Å². The van der Waals surface area contributed by atoms with Crippen LogP contribution in [0, 0.1) is 0 Å². The second kappa shape index (κ2) is 7.90. The standard InChI is InChI=1S/C14H23N5O3/c1-22-9-12(15)14(21)18-11-6-16-19(7-11)8-13(20)17-10-4-2-3-5-10/h6-7,10,12H,2-5,8-9,15H2,1H3,(H,17,20)(H,18,21). The number of nitrogens with two attached hydrogens (primary N) is 1. The van der Waals surface area contributed by atoms with E-state index >= 15 is 0 Å². The van der Waals surface area contributed by atoms with Crippen molar-refractivity contribution in [3.8, 4) is 0 Å². The van der Waals surface area contributed by atoms with Crippen molar-refractivity contribution in [2.45, 2.75) is 44.3 Å². The molecule has 2 rings (SSSR count). The Morgan fingerprint density at radius 2 is 2.23 bits per heavy atom. The van der Waals surface area contributed by atoms with Crippen LogP contribution in [-0.2, 0) is 20.9 Å². The van der Waals surface area contributed by atoms with E-state index in [0.717, 1.165) is 12.8 Å². The molecule has 0 bridgehead atoms. The molecule has 2 amide bonds. The number of nitrogens with zero attached hydrogens (tertiary/aromatic N) is 2. The van der Waals surface area contributed by atoms with Crippen LogP contribution in [0.4, 0.5) is 5.69 Å². The highest BCUT2D eigenvalue weighted by atomic mass is 16.5. The minimum atomic E-state index is -0.737. The minimum absolute atomic E-state index is 0.0658. The number of anilines is 1. The van der Waals surface area contributed by atoms with E-state index in [-0.39, 0.29) is 31.0 Å². The Morgan fingerprint density at radius 1 is 1.50 bits per heavy atom. The van der Waals surface area contributed by atoms with E-state index in [1.165, 1.54) is 30.8 Å². The van der Waals surface area contributed by atoms with Crippen molar-refractivity contribution in [1.29, 1.82) is 0 Å². The van der Waals surface area contributed by atoms with E-state index in [1.807, 2.05) is 0 Å². The first kappa shape index (κ1) is 16.4. The smallest absolute Gasteiger partial charge is 0.243 e. The van der Waals surface area contributed by atoms with Gasteiger partial charge in [0, 0.05) is 19.3 Å². The lowest BCUT2D eigenvalue weighted by Crippen LogP contribution is -2.39. The van der Waals surface area contributed by atoms with Gasteiger partial charge in [0.15, 0.2) is 0 Å². The molecule has 122 valence electrons. The summed E-state index contributed by atoms with van der Waals surface area (Å²) in [6.07, 6.45) is 7.52. The van der Waals surface area contributed by atoms with Crippen LogP contribution in [0.5, 0.6) is 0 Å². The highest BCUT2D eigenvalue weighted by molar-refractivity contribution is 5.94. The van der Waals surface area contributed by atoms with Crippen LogP contribution >= 0.6 is 0 Å². The van der Waals surface area contributed by atoms with Gasteiger partial charge >= 0.3 is 0 Å². The number of rotatable bonds is 7. The first-order chi connectivity index (χ1) is 10.6. The molecule has 1 fully saturated rings. The van der Waals surface area contributed by atoms with E-state index in [9.17, 15) is 9.59 Å². The maximum Gasteiger partial charge on any atom is 0.243 e. The molecule has 0 aliphatic heterocycles. The summed E-state index contributed by atoms with van der Waals surface area (Å²) >= 11 is 0. The summed E-state index contributed by atoms with van der Waals surface area (Å²) in [6.45, 7) is 0.278. The molecule has 0 spiro atoms. The van der Waals surface area contributed by atoms with Crippen molar-refractivity contribution in [2.75, 3.05) is 19.0 Å².